The summed E-state index contributed by atoms with van der Waals surface area (Å²) in [5, 5.41) is 0. The molecule has 0 heterocycles. The Morgan fingerprint density at radius 2 is 1.82 bits per heavy atom. The monoisotopic (exact) mass is 263 g/mol. The normalized spacial score (nSPS) is 13.7. The van der Waals surface area contributed by atoms with Crippen molar-refractivity contribution in [3.63, 3.8) is 0 Å². The maximum atomic E-state index is 11.5. The van der Waals surface area contributed by atoms with Crippen molar-refractivity contribution in [2.45, 2.75) is 39.0 Å². The molecule has 0 aromatic carbocycles. The van der Waals surface area contributed by atoms with Gasteiger partial charge in [0.1, 0.15) is 6.10 Å². The van der Waals surface area contributed by atoms with Gasteiger partial charge < -0.3 is 19.3 Å². The van der Waals surface area contributed by atoms with Crippen LogP contribution in [0, 0.1) is 0 Å². The molecule has 0 radical (unpaired) electrons. The van der Waals surface area contributed by atoms with E-state index in [0.29, 0.717) is 19.6 Å². The SMILES string of the molecule is CCO[Si](C)(CCC(OC)C(=O)CN)OCC. The number of hydrogen-bond acceptors (Lipinski definition) is 5. The van der Waals surface area contributed by atoms with Crippen molar-refractivity contribution < 1.29 is 18.4 Å². The van der Waals surface area contributed by atoms with E-state index >= 15 is 0 Å². The van der Waals surface area contributed by atoms with Crippen LogP contribution in [0.25, 0.3) is 0 Å². The molecule has 0 aromatic heterocycles. The summed E-state index contributed by atoms with van der Waals surface area (Å²) in [6.45, 7) is 7.18. The van der Waals surface area contributed by atoms with Crippen molar-refractivity contribution in [2.75, 3.05) is 26.9 Å². The minimum atomic E-state index is -2.16. The smallest absolute Gasteiger partial charge is 0.335 e. The topological polar surface area (TPSA) is 70.8 Å². The molecule has 0 rings (SSSR count). The first-order valence-electron chi connectivity index (χ1n) is 6.06. The van der Waals surface area contributed by atoms with Crippen LogP contribution in [0.3, 0.4) is 0 Å². The highest BCUT2D eigenvalue weighted by Gasteiger charge is 2.32. The van der Waals surface area contributed by atoms with Crippen molar-refractivity contribution >= 4 is 14.3 Å². The standard InChI is InChI=1S/C11H25NO4Si/c1-5-15-17(4,16-6-2)8-7-11(14-3)10(13)9-12/h11H,5-9,12H2,1-4H3. The number of ketones is 1. The fraction of sp³-hybridized carbons (Fsp3) is 0.909. The average molecular weight is 263 g/mol. The molecule has 0 aliphatic rings. The summed E-state index contributed by atoms with van der Waals surface area (Å²) < 4.78 is 16.5. The van der Waals surface area contributed by atoms with Gasteiger partial charge in [0, 0.05) is 20.3 Å². The summed E-state index contributed by atoms with van der Waals surface area (Å²) in [5.41, 5.74) is 5.32. The molecule has 0 aliphatic heterocycles. The zero-order chi connectivity index (χ0) is 13.3. The van der Waals surface area contributed by atoms with Crippen LogP contribution in [0.4, 0.5) is 0 Å². The minimum absolute atomic E-state index is 0.0139. The molecule has 0 saturated heterocycles. The van der Waals surface area contributed by atoms with Crippen molar-refractivity contribution in [1.29, 1.82) is 0 Å². The van der Waals surface area contributed by atoms with Crippen molar-refractivity contribution in [3.8, 4) is 0 Å². The van der Waals surface area contributed by atoms with Gasteiger partial charge in [-0.15, -0.1) is 0 Å². The van der Waals surface area contributed by atoms with Crippen LogP contribution in [-0.4, -0.2) is 47.3 Å². The molecule has 5 nitrogen and oxygen atoms in total. The summed E-state index contributed by atoms with van der Waals surface area (Å²) in [6, 6.07) is 0.735. The Labute approximate surface area is 105 Å². The molecule has 17 heavy (non-hydrogen) atoms. The molecule has 2 N–H and O–H groups in total. The highest BCUT2D eigenvalue weighted by atomic mass is 28.4. The van der Waals surface area contributed by atoms with Crippen molar-refractivity contribution in [3.05, 3.63) is 0 Å². The summed E-state index contributed by atoms with van der Waals surface area (Å²) >= 11 is 0. The summed E-state index contributed by atoms with van der Waals surface area (Å²) in [7, 11) is -0.634. The molecule has 0 spiro atoms. The number of carbonyl (C=O) groups excluding carboxylic acids is 1. The molecule has 102 valence electrons. The van der Waals surface area contributed by atoms with E-state index in [0.717, 1.165) is 6.04 Å². The van der Waals surface area contributed by atoms with Gasteiger partial charge in [-0.1, -0.05) is 0 Å². The van der Waals surface area contributed by atoms with Gasteiger partial charge in [0.25, 0.3) is 0 Å². The lowest BCUT2D eigenvalue weighted by atomic mass is 10.2. The van der Waals surface area contributed by atoms with Gasteiger partial charge >= 0.3 is 8.56 Å². The zero-order valence-electron chi connectivity index (χ0n) is 11.3. The fourth-order valence-electron chi connectivity index (χ4n) is 1.73. The summed E-state index contributed by atoms with van der Waals surface area (Å²) in [5.74, 6) is -0.0724. The molecule has 0 aromatic rings. The first-order valence-corrected chi connectivity index (χ1v) is 8.58. The number of rotatable bonds is 10. The van der Waals surface area contributed by atoms with Crippen molar-refractivity contribution in [1.82, 2.24) is 0 Å². The van der Waals surface area contributed by atoms with E-state index in [2.05, 4.69) is 0 Å². The van der Waals surface area contributed by atoms with Gasteiger partial charge in [-0.05, 0) is 32.9 Å². The van der Waals surface area contributed by atoms with Gasteiger partial charge in [-0.2, -0.15) is 0 Å². The van der Waals surface area contributed by atoms with E-state index in [-0.39, 0.29) is 12.3 Å². The van der Waals surface area contributed by atoms with Gasteiger partial charge in [0.05, 0.1) is 6.54 Å². The molecule has 1 unspecified atom stereocenters. The number of carbonyl (C=O) groups is 1. The van der Waals surface area contributed by atoms with Gasteiger partial charge in [-0.25, -0.2) is 0 Å². The van der Waals surface area contributed by atoms with Crippen LogP contribution in [0.15, 0.2) is 0 Å². The van der Waals surface area contributed by atoms with Crippen LogP contribution < -0.4 is 5.73 Å². The Morgan fingerprint density at radius 1 is 1.29 bits per heavy atom. The molecule has 0 aliphatic carbocycles. The van der Waals surface area contributed by atoms with Crippen LogP contribution in [0.5, 0.6) is 0 Å². The second-order valence-electron chi connectivity index (χ2n) is 3.93. The second kappa shape index (κ2) is 8.76. The summed E-state index contributed by atoms with van der Waals surface area (Å²) in [6.07, 6.45) is 0.169. The molecule has 0 saturated carbocycles. The van der Waals surface area contributed by atoms with Crippen LogP contribution in [0.1, 0.15) is 20.3 Å². The molecule has 6 heteroatoms. The third-order valence-electron chi connectivity index (χ3n) is 2.60. The van der Waals surface area contributed by atoms with E-state index in [1.165, 1.54) is 7.11 Å². The van der Waals surface area contributed by atoms with Crippen molar-refractivity contribution in [2.24, 2.45) is 5.73 Å². The van der Waals surface area contributed by atoms with Gasteiger partial charge in [0.2, 0.25) is 0 Å². The molecular weight excluding hydrogens is 238 g/mol. The van der Waals surface area contributed by atoms with Gasteiger partial charge in [-0.3, -0.25) is 4.79 Å². The lowest BCUT2D eigenvalue weighted by Crippen LogP contribution is -2.41. The maximum Gasteiger partial charge on any atom is 0.335 e. The van der Waals surface area contributed by atoms with Crippen LogP contribution >= 0.6 is 0 Å². The number of nitrogens with two attached hydrogens (primary N) is 1. The number of methoxy groups -OCH3 is 1. The Kier molecular flexibility index (Phi) is 8.62. The van der Waals surface area contributed by atoms with Gasteiger partial charge in [0.15, 0.2) is 5.78 Å². The molecule has 0 fully saturated rings. The zero-order valence-corrected chi connectivity index (χ0v) is 12.3. The predicted molar refractivity (Wildman–Crippen MR) is 69.2 cm³/mol. The highest BCUT2D eigenvalue weighted by Crippen LogP contribution is 2.18. The Hall–Kier alpha value is -0.273. The van der Waals surface area contributed by atoms with Crippen LogP contribution in [-0.2, 0) is 18.4 Å². The first kappa shape index (κ1) is 16.7. The Balaban J connectivity index is 4.31. The number of Topliss-reactive ketones (excluding diaryl/α,β-unsaturated/α-hetero) is 1. The largest absolute Gasteiger partial charge is 0.395 e. The second-order valence-corrected chi connectivity index (χ2v) is 7.28. The van der Waals surface area contributed by atoms with E-state index in [1.54, 1.807) is 0 Å². The van der Waals surface area contributed by atoms with Crippen LogP contribution in [0.2, 0.25) is 12.6 Å². The Bertz CT molecular complexity index is 220. The van der Waals surface area contributed by atoms with E-state index in [1.807, 2.05) is 20.4 Å². The molecule has 0 bridgehead atoms. The third kappa shape index (κ3) is 6.28. The lowest BCUT2D eigenvalue weighted by molar-refractivity contribution is -0.127. The highest BCUT2D eigenvalue weighted by molar-refractivity contribution is 6.66. The summed E-state index contributed by atoms with van der Waals surface area (Å²) in [4.78, 5) is 11.5. The average Bonchev–Trinajstić information content (AvgIpc) is 2.30. The number of ether oxygens (including phenoxy) is 1. The third-order valence-corrected chi connectivity index (χ3v) is 5.60. The number of hydrogen-bond donors (Lipinski definition) is 1. The molecule has 1 atom stereocenters. The maximum absolute atomic E-state index is 11.5. The molecular formula is C11H25NO4Si. The molecule has 0 amide bonds. The minimum Gasteiger partial charge on any atom is -0.395 e. The van der Waals surface area contributed by atoms with E-state index in [9.17, 15) is 4.79 Å². The lowest BCUT2D eigenvalue weighted by Gasteiger charge is -2.27. The van der Waals surface area contributed by atoms with E-state index < -0.39 is 14.7 Å². The predicted octanol–water partition coefficient (Wildman–Crippen LogP) is 1.06. The fourth-order valence-corrected chi connectivity index (χ4v) is 4.11. The Morgan fingerprint density at radius 3 is 2.18 bits per heavy atom. The first-order chi connectivity index (χ1) is 8.02. The quantitative estimate of drug-likeness (QED) is 0.597. The van der Waals surface area contributed by atoms with E-state index in [4.69, 9.17) is 19.3 Å².